The lowest BCUT2D eigenvalue weighted by Crippen LogP contribution is -2.33. The van der Waals surface area contributed by atoms with Crippen LogP contribution < -0.4 is 10.1 Å². The molecule has 0 aromatic heterocycles. The van der Waals surface area contributed by atoms with Crippen LogP contribution in [-0.4, -0.2) is 24.1 Å². The van der Waals surface area contributed by atoms with E-state index in [-0.39, 0.29) is 12.1 Å². The smallest absolute Gasteiger partial charge is 0.416 e. The number of halogens is 3. The third-order valence-corrected chi connectivity index (χ3v) is 4.41. The summed E-state index contributed by atoms with van der Waals surface area (Å²) in [6.45, 7) is 1.44. The lowest BCUT2D eigenvalue weighted by Gasteiger charge is -2.20. The maximum Gasteiger partial charge on any atom is 0.416 e. The number of ether oxygens (including phenoxy) is 1. The fourth-order valence-electron chi connectivity index (χ4n) is 2.71. The Kier molecular flexibility index (Phi) is 6.66. The number of methoxy groups -OCH3 is 1. The molecule has 2 rings (SSSR count). The van der Waals surface area contributed by atoms with Gasteiger partial charge >= 0.3 is 12.1 Å². The molecular weight excluding hydrogens is 375 g/mol. The van der Waals surface area contributed by atoms with Gasteiger partial charge in [-0.15, -0.1) is 0 Å². The first-order chi connectivity index (χ1) is 13.1. The summed E-state index contributed by atoms with van der Waals surface area (Å²) in [5.74, 6) is -3.22. The highest BCUT2D eigenvalue weighted by Crippen LogP contribution is 2.31. The second kappa shape index (κ2) is 8.77. The SMILES string of the molecule is COc1ccc(C[C@H](C(=O)O)[C@H](C)C(=O)Nc2cccc(C(F)(F)F)c2)cc1. The van der Waals surface area contributed by atoms with Crippen molar-refractivity contribution in [3.05, 3.63) is 59.7 Å². The number of carboxylic acids is 1. The number of carbonyl (C=O) groups is 2. The van der Waals surface area contributed by atoms with Crippen LogP contribution in [0.4, 0.5) is 18.9 Å². The maximum atomic E-state index is 12.8. The zero-order chi connectivity index (χ0) is 20.9. The van der Waals surface area contributed by atoms with Gasteiger partial charge in [-0.05, 0) is 42.3 Å². The Hall–Kier alpha value is -3.03. The van der Waals surface area contributed by atoms with Crippen LogP contribution in [0, 0.1) is 11.8 Å². The van der Waals surface area contributed by atoms with Gasteiger partial charge < -0.3 is 15.2 Å². The van der Waals surface area contributed by atoms with Crippen LogP contribution >= 0.6 is 0 Å². The molecule has 2 N–H and O–H groups in total. The molecule has 0 saturated heterocycles. The van der Waals surface area contributed by atoms with E-state index < -0.39 is 35.5 Å². The number of aliphatic carboxylic acids is 1. The molecule has 0 aliphatic rings. The van der Waals surface area contributed by atoms with Crippen LogP contribution in [0.1, 0.15) is 18.1 Å². The number of nitrogens with one attached hydrogen (secondary N) is 1. The minimum atomic E-state index is -4.54. The Balaban J connectivity index is 2.12. The topological polar surface area (TPSA) is 75.6 Å². The molecule has 0 spiro atoms. The van der Waals surface area contributed by atoms with Crippen LogP contribution in [0.2, 0.25) is 0 Å². The minimum Gasteiger partial charge on any atom is -0.497 e. The molecule has 0 aliphatic carbocycles. The van der Waals surface area contributed by atoms with Crippen LogP contribution in [0.15, 0.2) is 48.5 Å². The largest absolute Gasteiger partial charge is 0.497 e. The summed E-state index contributed by atoms with van der Waals surface area (Å²) in [6, 6.07) is 11.0. The Morgan fingerprint density at radius 3 is 2.32 bits per heavy atom. The molecule has 2 atom stereocenters. The highest BCUT2D eigenvalue weighted by atomic mass is 19.4. The van der Waals surface area contributed by atoms with Gasteiger partial charge in [-0.1, -0.05) is 25.1 Å². The van der Waals surface area contributed by atoms with Crippen molar-refractivity contribution in [2.75, 3.05) is 12.4 Å². The molecule has 28 heavy (non-hydrogen) atoms. The first-order valence-electron chi connectivity index (χ1n) is 8.45. The quantitative estimate of drug-likeness (QED) is 0.736. The van der Waals surface area contributed by atoms with Crippen molar-refractivity contribution < 1.29 is 32.6 Å². The van der Waals surface area contributed by atoms with Gasteiger partial charge in [-0.3, -0.25) is 9.59 Å². The molecule has 0 saturated carbocycles. The summed E-state index contributed by atoms with van der Waals surface area (Å²) in [7, 11) is 1.51. The Labute approximate surface area is 160 Å². The van der Waals surface area contributed by atoms with Crippen molar-refractivity contribution in [1.29, 1.82) is 0 Å². The Bertz CT molecular complexity index is 834. The Morgan fingerprint density at radius 1 is 1.14 bits per heavy atom. The lowest BCUT2D eigenvalue weighted by atomic mass is 9.87. The molecule has 1 amide bonds. The van der Waals surface area contributed by atoms with Gasteiger partial charge in [0.1, 0.15) is 5.75 Å². The summed E-state index contributed by atoms with van der Waals surface area (Å²) in [6.07, 6.45) is -4.44. The van der Waals surface area contributed by atoms with Crippen LogP contribution in [0.3, 0.4) is 0 Å². The average Bonchev–Trinajstić information content (AvgIpc) is 2.65. The van der Waals surface area contributed by atoms with Crippen LogP contribution in [-0.2, 0) is 22.2 Å². The zero-order valence-corrected chi connectivity index (χ0v) is 15.3. The molecule has 0 heterocycles. The van der Waals surface area contributed by atoms with E-state index >= 15 is 0 Å². The van der Waals surface area contributed by atoms with E-state index in [1.807, 2.05) is 0 Å². The summed E-state index contributed by atoms with van der Waals surface area (Å²) < 4.78 is 43.4. The third kappa shape index (κ3) is 5.48. The molecule has 150 valence electrons. The standard InChI is InChI=1S/C20H20F3NO4/c1-12(17(19(26)27)10-13-6-8-16(28-2)9-7-13)18(25)24-15-5-3-4-14(11-15)20(21,22)23/h3-9,11-12,17H,10H2,1-2H3,(H,24,25)(H,26,27)/t12-,17-/m0/s1. The summed E-state index contributed by atoms with van der Waals surface area (Å²) >= 11 is 0. The monoisotopic (exact) mass is 395 g/mol. The van der Waals surface area contributed by atoms with E-state index in [1.54, 1.807) is 24.3 Å². The number of carboxylic acid groups (broad SMARTS) is 1. The number of rotatable bonds is 7. The molecule has 0 fully saturated rings. The number of carbonyl (C=O) groups excluding carboxylic acids is 1. The number of amides is 1. The van der Waals surface area contributed by atoms with Crippen molar-refractivity contribution in [1.82, 2.24) is 0 Å². The second-order valence-electron chi connectivity index (χ2n) is 6.35. The average molecular weight is 395 g/mol. The third-order valence-electron chi connectivity index (χ3n) is 4.41. The van der Waals surface area contributed by atoms with Crippen molar-refractivity contribution in [2.24, 2.45) is 11.8 Å². The van der Waals surface area contributed by atoms with Crippen LogP contribution in [0.5, 0.6) is 5.75 Å². The molecule has 0 aliphatic heterocycles. The minimum absolute atomic E-state index is 0.0414. The summed E-state index contributed by atoms with van der Waals surface area (Å²) in [5, 5.41) is 11.9. The van der Waals surface area contributed by atoms with Gasteiger partial charge in [0.2, 0.25) is 5.91 Å². The summed E-state index contributed by atoms with van der Waals surface area (Å²) in [4.78, 5) is 24.1. The molecular formula is C20H20F3NO4. The zero-order valence-electron chi connectivity index (χ0n) is 15.3. The van der Waals surface area contributed by atoms with Gasteiger partial charge in [0.25, 0.3) is 0 Å². The fraction of sp³-hybridized carbons (Fsp3) is 0.300. The number of hydrogen-bond donors (Lipinski definition) is 2. The van der Waals surface area contributed by atoms with Gasteiger partial charge in [0.15, 0.2) is 0 Å². The number of anilines is 1. The van der Waals surface area contributed by atoms with E-state index in [0.29, 0.717) is 11.3 Å². The van der Waals surface area contributed by atoms with Gasteiger partial charge in [-0.25, -0.2) is 0 Å². The predicted molar refractivity (Wildman–Crippen MR) is 97.1 cm³/mol. The molecule has 2 aromatic carbocycles. The molecule has 5 nitrogen and oxygen atoms in total. The Morgan fingerprint density at radius 2 is 1.79 bits per heavy atom. The number of alkyl halides is 3. The molecule has 0 radical (unpaired) electrons. The van der Waals surface area contributed by atoms with Crippen molar-refractivity contribution >= 4 is 17.6 Å². The summed E-state index contributed by atoms with van der Waals surface area (Å²) in [5.41, 5.74) is -0.238. The van der Waals surface area contributed by atoms with E-state index in [0.717, 1.165) is 12.1 Å². The maximum absolute atomic E-state index is 12.8. The van der Waals surface area contributed by atoms with Crippen molar-refractivity contribution in [2.45, 2.75) is 19.5 Å². The van der Waals surface area contributed by atoms with Gasteiger partial charge in [-0.2, -0.15) is 13.2 Å². The van der Waals surface area contributed by atoms with Crippen molar-refractivity contribution in [3.8, 4) is 5.75 Å². The molecule has 0 bridgehead atoms. The first kappa shape index (κ1) is 21.3. The van der Waals surface area contributed by atoms with Gasteiger partial charge in [0.05, 0.1) is 18.6 Å². The molecule has 2 aromatic rings. The number of hydrogen-bond acceptors (Lipinski definition) is 3. The van der Waals surface area contributed by atoms with E-state index in [1.165, 1.54) is 26.2 Å². The van der Waals surface area contributed by atoms with Crippen molar-refractivity contribution in [3.63, 3.8) is 0 Å². The predicted octanol–water partition coefficient (Wildman–Crippen LogP) is 4.23. The van der Waals surface area contributed by atoms with Crippen LogP contribution in [0.25, 0.3) is 0 Å². The van der Waals surface area contributed by atoms with Gasteiger partial charge in [0, 0.05) is 11.6 Å². The number of benzene rings is 2. The second-order valence-corrected chi connectivity index (χ2v) is 6.35. The molecule has 0 unspecified atom stereocenters. The van der Waals surface area contributed by atoms with E-state index in [4.69, 9.17) is 4.74 Å². The first-order valence-corrected chi connectivity index (χ1v) is 8.45. The fourth-order valence-corrected chi connectivity index (χ4v) is 2.71. The lowest BCUT2D eigenvalue weighted by molar-refractivity contribution is -0.145. The molecule has 8 heteroatoms. The highest BCUT2D eigenvalue weighted by Gasteiger charge is 2.32. The van der Waals surface area contributed by atoms with E-state index in [9.17, 15) is 27.9 Å². The normalized spacial score (nSPS) is 13.5. The van der Waals surface area contributed by atoms with E-state index in [2.05, 4.69) is 5.32 Å². The highest BCUT2D eigenvalue weighted by molar-refractivity contribution is 5.95.